The third kappa shape index (κ3) is 4.56. The van der Waals surface area contributed by atoms with Crippen molar-refractivity contribution in [3.05, 3.63) is 81.5 Å². The van der Waals surface area contributed by atoms with Gasteiger partial charge < -0.3 is 10.6 Å². The second kappa shape index (κ2) is 8.34. The number of aryl methyl sites for hydroxylation is 1. The summed E-state index contributed by atoms with van der Waals surface area (Å²) in [5.41, 5.74) is 3.35. The van der Waals surface area contributed by atoms with Crippen LogP contribution < -0.4 is 10.6 Å². The van der Waals surface area contributed by atoms with Crippen LogP contribution in [-0.4, -0.2) is 22.0 Å². The highest BCUT2D eigenvalue weighted by atomic mass is 32.1. The summed E-state index contributed by atoms with van der Waals surface area (Å²) in [5.74, 6) is -0.434. The summed E-state index contributed by atoms with van der Waals surface area (Å²) in [4.78, 5) is 25.1. The molecule has 6 nitrogen and oxygen atoms in total. The maximum atomic E-state index is 12.4. The number of carbonyl (C=O) groups excluding carboxylic acids is 2. The molecule has 2 aromatic carbocycles. The molecule has 8 heteroatoms. The van der Waals surface area contributed by atoms with Crippen molar-refractivity contribution in [3.63, 3.8) is 0 Å². The number of carbonyl (C=O) groups is 2. The standard InChI is InChI=1S/C21H16N4O2S2/c1-13-4-8-15(9-5-13)23-19(27)21-25-24-20(29-21)14-6-10-16(11-7-14)22-18(26)17-3-2-12-28-17/h2-12H,1H3,(H,22,26)(H,23,27). The van der Waals surface area contributed by atoms with Crippen molar-refractivity contribution in [1.29, 1.82) is 0 Å². The first-order valence-electron chi connectivity index (χ1n) is 8.75. The number of aromatic nitrogens is 2. The Morgan fingerprint density at radius 1 is 0.828 bits per heavy atom. The van der Waals surface area contributed by atoms with Gasteiger partial charge in [0.1, 0.15) is 5.01 Å². The maximum Gasteiger partial charge on any atom is 0.286 e. The highest BCUT2D eigenvalue weighted by molar-refractivity contribution is 7.16. The van der Waals surface area contributed by atoms with E-state index in [1.54, 1.807) is 18.2 Å². The van der Waals surface area contributed by atoms with Crippen molar-refractivity contribution in [1.82, 2.24) is 10.2 Å². The van der Waals surface area contributed by atoms with Crippen LogP contribution in [-0.2, 0) is 0 Å². The molecule has 4 rings (SSSR count). The van der Waals surface area contributed by atoms with E-state index < -0.39 is 0 Å². The number of hydrogen-bond donors (Lipinski definition) is 2. The highest BCUT2D eigenvalue weighted by Crippen LogP contribution is 2.26. The van der Waals surface area contributed by atoms with E-state index in [-0.39, 0.29) is 16.8 Å². The number of rotatable bonds is 5. The number of nitrogens with one attached hydrogen (secondary N) is 2. The lowest BCUT2D eigenvalue weighted by molar-refractivity contribution is 0.101. The van der Waals surface area contributed by atoms with Gasteiger partial charge in [0.05, 0.1) is 4.88 Å². The molecule has 0 bridgehead atoms. The zero-order valence-corrected chi connectivity index (χ0v) is 17.0. The van der Waals surface area contributed by atoms with Gasteiger partial charge in [0.2, 0.25) is 5.01 Å². The molecule has 2 N–H and O–H groups in total. The molecule has 2 amide bonds. The Labute approximate surface area is 175 Å². The van der Waals surface area contributed by atoms with E-state index in [1.807, 2.05) is 54.8 Å². The summed E-state index contributed by atoms with van der Waals surface area (Å²) < 4.78 is 0. The van der Waals surface area contributed by atoms with Gasteiger partial charge in [-0.15, -0.1) is 21.5 Å². The van der Waals surface area contributed by atoms with Crippen molar-refractivity contribution in [2.45, 2.75) is 6.92 Å². The summed E-state index contributed by atoms with van der Waals surface area (Å²) in [7, 11) is 0. The number of thiophene rings is 1. The Kier molecular flexibility index (Phi) is 5.46. The van der Waals surface area contributed by atoms with E-state index in [0.717, 1.165) is 11.1 Å². The number of benzene rings is 2. The Morgan fingerprint density at radius 3 is 2.14 bits per heavy atom. The zero-order valence-electron chi connectivity index (χ0n) is 15.4. The molecule has 0 spiro atoms. The second-order valence-electron chi connectivity index (χ2n) is 6.24. The van der Waals surface area contributed by atoms with Crippen LogP contribution >= 0.6 is 22.7 Å². The third-order valence-electron chi connectivity index (χ3n) is 4.06. The van der Waals surface area contributed by atoms with E-state index in [1.165, 1.54) is 22.7 Å². The first-order valence-corrected chi connectivity index (χ1v) is 10.4. The predicted octanol–water partition coefficient (Wildman–Crippen LogP) is 5.08. The Morgan fingerprint density at radius 2 is 1.48 bits per heavy atom. The van der Waals surface area contributed by atoms with Crippen LogP contribution in [0.4, 0.5) is 11.4 Å². The van der Waals surface area contributed by atoms with Crippen LogP contribution in [0.15, 0.2) is 66.0 Å². The van der Waals surface area contributed by atoms with Crippen LogP contribution in [0.3, 0.4) is 0 Å². The first kappa shape index (κ1) is 19.0. The Bertz CT molecular complexity index is 1130. The van der Waals surface area contributed by atoms with Crippen molar-refractivity contribution < 1.29 is 9.59 Å². The van der Waals surface area contributed by atoms with Crippen LogP contribution in [0.2, 0.25) is 0 Å². The van der Waals surface area contributed by atoms with Crippen LogP contribution in [0, 0.1) is 6.92 Å². The molecular formula is C21H16N4O2S2. The van der Waals surface area contributed by atoms with E-state index in [0.29, 0.717) is 21.3 Å². The normalized spacial score (nSPS) is 10.5. The molecule has 144 valence electrons. The van der Waals surface area contributed by atoms with Gasteiger partial charge >= 0.3 is 0 Å². The van der Waals surface area contributed by atoms with Gasteiger partial charge in [-0.1, -0.05) is 35.1 Å². The lowest BCUT2D eigenvalue weighted by Gasteiger charge is -2.04. The first-order chi connectivity index (χ1) is 14.1. The van der Waals surface area contributed by atoms with Crippen LogP contribution in [0.1, 0.15) is 25.0 Å². The van der Waals surface area contributed by atoms with E-state index in [2.05, 4.69) is 20.8 Å². The lowest BCUT2D eigenvalue weighted by Crippen LogP contribution is -2.11. The van der Waals surface area contributed by atoms with Gasteiger partial charge in [0.15, 0.2) is 0 Å². The van der Waals surface area contributed by atoms with Crippen LogP contribution in [0.25, 0.3) is 10.6 Å². The Balaban J connectivity index is 1.43. The lowest BCUT2D eigenvalue weighted by atomic mass is 10.2. The summed E-state index contributed by atoms with van der Waals surface area (Å²) in [6.45, 7) is 1.99. The van der Waals surface area contributed by atoms with Gasteiger partial charge in [-0.25, -0.2) is 0 Å². The summed E-state index contributed by atoms with van der Waals surface area (Å²) >= 11 is 2.60. The second-order valence-corrected chi connectivity index (χ2v) is 8.17. The molecule has 29 heavy (non-hydrogen) atoms. The number of hydrogen-bond acceptors (Lipinski definition) is 6. The summed E-state index contributed by atoms with van der Waals surface area (Å²) in [5, 5.41) is 16.6. The van der Waals surface area contributed by atoms with Gasteiger partial charge in [-0.2, -0.15) is 0 Å². The molecule has 2 aromatic heterocycles. The number of nitrogens with zero attached hydrogens (tertiary/aromatic N) is 2. The highest BCUT2D eigenvalue weighted by Gasteiger charge is 2.14. The van der Waals surface area contributed by atoms with Crippen molar-refractivity contribution in [3.8, 4) is 10.6 Å². The molecule has 2 heterocycles. The molecule has 0 aliphatic rings. The number of amides is 2. The molecule has 0 fully saturated rings. The zero-order chi connectivity index (χ0) is 20.2. The molecule has 0 aliphatic carbocycles. The predicted molar refractivity (Wildman–Crippen MR) is 117 cm³/mol. The molecule has 0 aliphatic heterocycles. The molecule has 0 saturated heterocycles. The van der Waals surface area contributed by atoms with Gasteiger partial charge in [-0.05, 0) is 54.8 Å². The number of anilines is 2. The van der Waals surface area contributed by atoms with Crippen molar-refractivity contribution >= 4 is 45.9 Å². The fraction of sp³-hybridized carbons (Fsp3) is 0.0476. The van der Waals surface area contributed by atoms with Crippen molar-refractivity contribution in [2.24, 2.45) is 0 Å². The largest absolute Gasteiger partial charge is 0.321 e. The van der Waals surface area contributed by atoms with E-state index in [9.17, 15) is 9.59 Å². The minimum absolute atomic E-state index is 0.140. The maximum absolute atomic E-state index is 12.4. The fourth-order valence-corrected chi connectivity index (χ4v) is 3.91. The molecule has 0 saturated carbocycles. The van der Waals surface area contributed by atoms with E-state index in [4.69, 9.17) is 0 Å². The van der Waals surface area contributed by atoms with E-state index >= 15 is 0 Å². The minimum atomic E-state index is -0.294. The minimum Gasteiger partial charge on any atom is -0.321 e. The van der Waals surface area contributed by atoms with Crippen molar-refractivity contribution in [2.75, 3.05) is 10.6 Å². The molecule has 0 atom stereocenters. The van der Waals surface area contributed by atoms with Gasteiger partial charge in [-0.3, -0.25) is 9.59 Å². The fourth-order valence-electron chi connectivity index (χ4n) is 2.55. The molecule has 0 unspecified atom stereocenters. The topological polar surface area (TPSA) is 84.0 Å². The van der Waals surface area contributed by atoms with Gasteiger partial charge in [0.25, 0.3) is 11.8 Å². The monoisotopic (exact) mass is 420 g/mol. The average molecular weight is 421 g/mol. The Hall–Kier alpha value is -3.36. The smallest absolute Gasteiger partial charge is 0.286 e. The summed E-state index contributed by atoms with van der Waals surface area (Å²) in [6.07, 6.45) is 0. The molecule has 0 radical (unpaired) electrons. The molecular weight excluding hydrogens is 404 g/mol. The average Bonchev–Trinajstić information content (AvgIpc) is 3.43. The van der Waals surface area contributed by atoms with Gasteiger partial charge in [0, 0.05) is 16.9 Å². The summed E-state index contributed by atoms with van der Waals surface area (Å²) in [6, 6.07) is 18.4. The molecule has 4 aromatic rings. The van der Waals surface area contributed by atoms with Crippen LogP contribution in [0.5, 0.6) is 0 Å². The third-order valence-corrected chi connectivity index (χ3v) is 5.90. The quantitative estimate of drug-likeness (QED) is 0.472. The SMILES string of the molecule is Cc1ccc(NC(=O)c2nnc(-c3ccc(NC(=O)c4cccs4)cc3)s2)cc1.